The summed E-state index contributed by atoms with van der Waals surface area (Å²) in [6.45, 7) is 4.48. The summed E-state index contributed by atoms with van der Waals surface area (Å²) in [5.41, 5.74) is 1.28. The van der Waals surface area contributed by atoms with Crippen LogP contribution < -0.4 is 0 Å². The molecule has 2 fully saturated rings. The summed E-state index contributed by atoms with van der Waals surface area (Å²) in [6.07, 6.45) is 5.76. The fourth-order valence-electron chi connectivity index (χ4n) is 3.22. The average Bonchev–Trinajstić information content (AvgIpc) is 2.85. The maximum Gasteiger partial charge on any atom is 0.0897 e. The summed E-state index contributed by atoms with van der Waals surface area (Å²) in [4.78, 5) is 7.22. The zero-order valence-electron chi connectivity index (χ0n) is 9.28. The molecule has 2 atom stereocenters. The molecule has 82 valence electrons. The largest absolute Gasteiger partial charge is 0.294 e. The van der Waals surface area contributed by atoms with Gasteiger partial charge in [-0.15, -0.1) is 11.3 Å². The Bertz CT molecular complexity index is 347. The molecule has 0 amide bonds. The van der Waals surface area contributed by atoms with Crippen LogP contribution in [-0.4, -0.2) is 22.5 Å². The van der Waals surface area contributed by atoms with Gasteiger partial charge in [0, 0.05) is 18.0 Å². The molecular formula is C12H18N2S. The van der Waals surface area contributed by atoms with Crippen LogP contribution in [0, 0.1) is 12.8 Å². The van der Waals surface area contributed by atoms with E-state index in [-0.39, 0.29) is 0 Å². The number of rotatable bonds is 2. The number of nitrogens with zero attached hydrogens (tertiary/aromatic N) is 2. The highest BCUT2D eigenvalue weighted by Crippen LogP contribution is 2.38. The van der Waals surface area contributed by atoms with Gasteiger partial charge in [0.15, 0.2) is 0 Å². The van der Waals surface area contributed by atoms with Crippen molar-refractivity contribution < 1.29 is 0 Å². The van der Waals surface area contributed by atoms with Crippen LogP contribution in [0.4, 0.5) is 0 Å². The van der Waals surface area contributed by atoms with Crippen LogP contribution in [0.5, 0.6) is 0 Å². The standard InChI is InChI=1S/C12H18N2S/c1-9-13-11(8-15-9)7-14-6-5-10-3-2-4-12(10)14/h8,10,12H,2-7H2,1H3. The molecule has 0 radical (unpaired) electrons. The molecule has 3 rings (SSSR count). The summed E-state index contributed by atoms with van der Waals surface area (Å²) in [5, 5.41) is 3.42. The van der Waals surface area contributed by atoms with Gasteiger partial charge in [-0.3, -0.25) is 4.90 Å². The van der Waals surface area contributed by atoms with Gasteiger partial charge in [0.1, 0.15) is 0 Å². The van der Waals surface area contributed by atoms with Crippen LogP contribution in [0.3, 0.4) is 0 Å². The van der Waals surface area contributed by atoms with Crippen LogP contribution in [0.1, 0.15) is 36.4 Å². The van der Waals surface area contributed by atoms with Crippen molar-refractivity contribution in [2.45, 2.75) is 45.2 Å². The van der Waals surface area contributed by atoms with Crippen LogP contribution in [0.2, 0.25) is 0 Å². The minimum atomic E-state index is 0.881. The number of thiazole rings is 1. The molecule has 2 aliphatic rings. The molecule has 1 aliphatic carbocycles. The fourth-order valence-corrected chi connectivity index (χ4v) is 3.82. The molecule has 1 saturated heterocycles. The molecule has 2 heterocycles. The quantitative estimate of drug-likeness (QED) is 0.765. The number of hydrogen-bond donors (Lipinski definition) is 0. The van der Waals surface area contributed by atoms with Crippen molar-refractivity contribution >= 4 is 11.3 Å². The Hall–Kier alpha value is -0.410. The molecule has 2 unspecified atom stereocenters. The molecule has 1 saturated carbocycles. The van der Waals surface area contributed by atoms with Gasteiger partial charge in [-0.2, -0.15) is 0 Å². The van der Waals surface area contributed by atoms with E-state index in [4.69, 9.17) is 0 Å². The minimum absolute atomic E-state index is 0.881. The molecule has 0 bridgehead atoms. The lowest BCUT2D eigenvalue weighted by atomic mass is 10.0. The summed E-state index contributed by atoms with van der Waals surface area (Å²) in [7, 11) is 0. The van der Waals surface area contributed by atoms with E-state index in [2.05, 4.69) is 22.2 Å². The second-order valence-corrected chi connectivity index (χ2v) is 5.94. The Morgan fingerprint density at radius 1 is 1.47 bits per heavy atom. The Morgan fingerprint density at radius 3 is 3.20 bits per heavy atom. The van der Waals surface area contributed by atoms with Gasteiger partial charge in [0.05, 0.1) is 10.7 Å². The lowest BCUT2D eigenvalue weighted by Gasteiger charge is -2.22. The van der Waals surface area contributed by atoms with Crippen molar-refractivity contribution in [3.05, 3.63) is 16.1 Å². The van der Waals surface area contributed by atoms with Crippen LogP contribution in [0.15, 0.2) is 5.38 Å². The zero-order valence-corrected chi connectivity index (χ0v) is 10.1. The van der Waals surface area contributed by atoms with Crippen molar-refractivity contribution in [1.29, 1.82) is 0 Å². The lowest BCUT2D eigenvalue weighted by molar-refractivity contribution is 0.230. The molecule has 1 aromatic rings. The molecule has 3 heteroatoms. The first kappa shape index (κ1) is 9.79. The number of likely N-dealkylation sites (tertiary alicyclic amines) is 1. The highest BCUT2D eigenvalue weighted by Gasteiger charge is 2.37. The van der Waals surface area contributed by atoms with Crippen LogP contribution in [0.25, 0.3) is 0 Å². The van der Waals surface area contributed by atoms with E-state index in [1.807, 2.05) is 0 Å². The van der Waals surface area contributed by atoms with Crippen LogP contribution in [-0.2, 0) is 6.54 Å². The topological polar surface area (TPSA) is 16.1 Å². The Morgan fingerprint density at radius 2 is 2.40 bits per heavy atom. The average molecular weight is 222 g/mol. The lowest BCUT2D eigenvalue weighted by Crippen LogP contribution is -2.29. The van der Waals surface area contributed by atoms with Crippen LogP contribution >= 0.6 is 11.3 Å². The number of hydrogen-bond acceptors (Lipinski definition) is 3. The van der Waals surface area contributed by atoms with Crippen molar-refractivity contribution in [2.24, 2.45) is 5.92 Å². The predicted octanol–water partition coefficient (Wildman–Crippen LogP) is 2.83. The van der Waals surface area contributed by atoms with Crippen molar-refractivity contribution in [3.63, 3.8) is 0 Å². The molecule has 1 aliphatic heterocycles. The Labute approximate surface area is 95.3 Å². The van der Waals surface area contributed by atoms with Gasteiger partial charge in [-0.05, 0) is 38.6 Å². The first-order chi connectivity index (χ1) is 7.33. The first-order valence-electron chi connectivity index (χ1n) is 5.98. The van der Waals surface area contributed by atoms with E-state index in [0.29, 0.717) is 0 Å². The molecule has 1 aromatic heterocycles. The van der Waals surface area contributed by atoms with E-state index in [1.54, 1.807) is 11.3 Å². The predicted molar refractivity (Wildman–Crippen MR) is 63.0 cm³/mol. The van der Waals surface area contributed by atoms with Crippen molar-refractivity contribution in [2.75, 3.05) is 6.54 Å². The summed E-state index contributed by atoms with van der Waals surface area (Å²) >= 11 is 1.78. The summed E-state index contributed by atoms with van der Waals surface area (Å²) in [5.74, 6) is 1.00. The number of fused-ring (bicyclic) bond motifs is 1. The Kier molecular flexibility index (Phi) is 2.53. The van der Waals surface area contributed by atoms with Crippen molar-refractivity contribution in [1.82, 2.24) is 9.88 Å². The van der Waals surface area contributed by atoms with Gasteiger partial charge in [0.25, 0.3) is 0 Å². The van der Waals surface area contributed by atoms with Gasteiger partial charge in [0.2, 0.25) is 0 Å². The molecular weight excluding hydrogens is 204 g/mol. The SMILES string of the molecule is Cc1nc(CN2CCC3CCCC32)cs1. The Balaban J connectivity index is 1.68. The highest BCUT2D eigenvalue weighted by molar-refractivity contribution is 7.09. The molecule has 0 spiro atoms. The third-order valence-corrected chi connectivity index (χ3v) is 4.73. The number of aromatic nitrogens is 1. The summed E-state index contributed by atoms with van der Waals surface area (Å²) < 4.78 is 0. The number of aryl methyl sites for hydroxylation is 1. The van der Waals surface area contributed by atoms with Gasteiger partial charge < -0.3 is 0 Å². The normalized spacial score (nSPS) is 31.0. The molecule has 2 nitrogen and oxygen atoms in total. The zero-order chi connectivity index (χ0) is 10.3. The molecule has 0 N–H and O–H groups in total. The third-order valence-electron chi connectivity index (χ3n) is 3.91. The fraction of sp³-hybridized carbons (Fsp3) is 0.750. The third kappa shape index (κ3) is 1.83. The van der Waals surface area contributed by atoms with Crippen molar-refractivity contribution in [3.8, 4) is 0 Å². The smallest absolute Gasteiger partial charge is 0.0897 e. The van der Waals surface area contributed by atoms with E-state index < -0.39 is 0 Å². The van der Waals surface area contributed by atoms with Gasteiger partial charge in [-0.1, -0.05) is 6.42 Å². The van der Waals surface area contributed by atoms with E-state index in [9.17, 15) is 0 Å². The first-order valence-corrected chi connectivity index (χ1v) is 6.86. The second-order valence-electron chi connectivity index (χ2n) is 4.88. The summed E-state index contributed by atoms with van der Waals surface area (Å²) in [6, 6.07) is 0.881. The molecule has 15 heavy (non-hydrogen) atoms. The van der Waals surface area contributed by atoms with E-state index in [0.717, 1.165) is 18.5 Å². The van der Waals surface area contributed by atoms with Gasteiger partial charge in [-0.25, -0.2) is 4.98 Å². The second kappa shape index (κ2) is 3.87. The highest BCUT2D eigenvalue weighted by atomic mass is 32.1. The maximum absolute atomic E-state index is 4.57. The maximum atomic E-state index is 4.57. The van der Waals surface area contributed by atoms with E-state index >= 15 is 0 Å². The van der Waals surface area contributed by atoms with E-state index in [1.165, 1.54) is 42.9 Å². The monoisotopic (exact) mass is 222 g/mol. The van der Waals surface area contributed by atoms with Gasteiger partial charge >= 0.3 is 0 Å². The molecule has 0 aromatic carbocycles. The minimum Gasteiger partial charge on any atom is -0.294 e.